The molecule has 0 saturated carbocycles. The Kier molecular flexibility index (Phi) is 1.61. The molecule has 1 heterocycles. The van der Waals surface area contributed by atoms with Crippen LogP contribution < -0.4 is 5.73 Å². The summed E-state index contributed by atoms with van der Waals surface area (Å²) in [4.78, 5) is 0. The molecule has 1 atom stereocenters. The molecular formula is C11H13N3. The molecule has 1 aliphatic rings. The molecule has 2 aromatic rings. The minimum absolute atomic E-state index is 0.214. The van der Waals surface area contributed by atoms with E-state index in [-0.39, 0.29) is 6.04 Å². The number of aryl methyl sites for hydroxylation is 1. The molecular weight excluding hydrogens is 174 g/mol. The van der Waals surface area contributed by atoms with Crippen molar-refractivity contribution in [3.8, 4) is 0 Å². The van der Waals surface area contributed by atoms with E-state index in [1.807, 2.05) is 6.20 Å². The SMILES string of the molecule is NC1CCCc2cc3cn[nH]c3cc21. The standard InChI is InChI=1S/C11H13N3/c12-10-3-1-2-7-4-8-6-13-14-11(8)5-9(7)10/h4-6,10H,1-3,12H2,(H,13,14). The first kappa shape index (κ1) is 8.00. The molecule has 0 amide bonds. The van der Waals surface area contributed by atoms with Crippen molar-refractivity contribution in [1.82, 2.24) is 10.2 Å². The summed E-state index contributed by atoms with van der Waals surface area (Å²) >= 11 is 0. The first-order valence-electron chi connectivity index (χ1n) is 5.06. The van der Waals surface area contributed by atoms with Gasteiger partial charge in [0.1, 0.15) is 0 Å². The Morgan fingerprint density at radius 1 is 1.43 bits per heavy atom. The van der Waals surface area contributed by atoms with Crippen molar-refractivity contribution in [3.63, 3.8) is 0 Å². The van der Waals surface area contributed by atoms with E-state index < -0.39 is 0 Å². The van der Waals surface area contributed by atoms with Crippen molar-refractivity contribution >= 4 is 10.9 Å². The molecule has 3 heteroatoms. The molecule has 1 aliphatic carbocycles. The van der Waals surface area contributed by atoms with E-state index in [2.05, 4.69) is 22.3 Å². The molecule has 0 aliphatic heterocycles. The van der Waals surface area contributed by atoms with Crippen LogP contribution in [0, 0.1) is 0 Å². The number of benzene rings is 1. The van der Waals surface area contributed by atoms with E-state index in [4.69, 9.17) is 5.73 Å². The highest BCUT2D eigenvalue weighted by atomic mass is 15.1. The van der Waals surface area contributed by atoms with Crippen LogP contribution in [0.15, 0.2) is 18.3 Å². The van der Waals surface area contributed by atoms with E-state index in [9.17, 15) is 0 Å². The molecule has 0 radical (unpaired) electrons. The second-order valence-corrected chi connectivity index (χ2v) is 4.01. The van der Waals surface area contributed by atoms with Crippen LogP contribution in [0.3, 0.4) is 0 Å². The molecule has 0 fully saturated rings. The lowest BCUT2D eigenvalue weighted by Crippen LogP contribution is -2.17. The van der Waals surface area contributed by atoms with Gasteiger partial charge in [0, 0.05) is 11.4 Å². The van der Waals surface area contributed by atoms with Crippen molar-refractivity contribution in [2.75, 3.05) is 0 Å². The number of hydrogen-bond donors (Lipinski definition) is 2. The second kappa shape index (κ2) is 2.82. The summed E-state index contributed by atoms with van der Waals surface area (Å²) < 4.78 is 0. The van der Waals surface area contributed by atoms with Crippen molar-refractivity contribution in [3.05, 3.63) is 29.5 Å². The van der Waals surface area contributed by atoms with Crippen LogP contribution in [0.4, 0.5) is 0 Å². The molecule has 3 N–H and O–H groups in total. The fourth-order valence-corrected chi connectivity index (χ4v) is 2.28. The monoisotopic (exact) mass is 187 g/mol. The van der Waals surface area contributed by atoms with Gasteiger partial charge in [-0.25, -0.2) is 0 Å². The molecule has 1 aromatic carbocycles. The largest absolute Gasteiger partial charge is 0.324 e. The van der Waals surface area contributed by atoms with Crippen molar-refractivity contribution < 1.29 is 0 Å². The smallest absolute Gasteiger partial charge is 0.0653 e. The van der Waals surface area contributed by atoms with Crippen molar-refractivity contribution in [2.45, 2.75) is 25.3 Å². The number of aromatic amines is 1. The van der Waals surface area contributed by atoms with E-state index >= 15 is 0 Å². The van der Waals surface area contributed by atoms with Gasteiger partial charge in [0.25, 0.3) is 0 Å². The van der Waals surface area contributed by atoms with Gasteiger partial charge in [0.2, 0.25) is 0 Å². The number of nitrogens with one attached hydrogen (secondary N) is 1. The van der Waals surface area contributed by atoms with Gasteiger partial charge >= 0.3 is 0 Å². The summed E-state index contributed by atoms with van der Waals surface area (Å²) in [6, 6.07) is 4.58. The van der Waals surface area contributed by atoms with Gasteiger partial charge in [0.15, 0.2) is 0 Å². The predicted molar refractivity (Wildman–Crippen MR) is 56.0 cm³/mol. The lowest BCUT2D eigenvalue weighted by molar-refractivity contribution is 0.571. The minimum Gasteiger partial charge on any atom is -0.324 e. The maximum Gasteiger partial charge on any atom is 0.0653 e. The fourth-order valence-electron chi connectivity index (χ4n) is 2.28. The van der Waals surface area contributed by atoms with Gasteiger partial charge in [-0.3, -0.25) is 5.10 Å². The Balaban J connectivity index is 2.27. The van der Waals surface area contributed by atoms with Crippen LogP contribution >= 0.6 is 0 Å². The summed E-state index contributed by atoms with van der Waals surface area (Å²) in [6.07, 6.45) is 5.34. The summed E-state index contributed by atoms with van der Waals surface area (Å²) in [5.41, 5.74) is 9.87. The number of aromatic nitrogens is 2. The fraction of sp³-hybridized carbons (Fsp3) is 0.364. The number of H-pyrrole nitrogens is 1. The Morgan fingerprint density at radius 3 is 3.29 bits per heavy atom. The van der Waals surface area contributed by atoms with Gasteiger partial charge in [0.05, 0.1) is 11.7 Å². The first-order chi connectivity index (χ1) is 6.84. The molecule has 1 unspecified atom stereocenters. The second-order valence-electron chi connectivity index (χ2n) is 4.01. The topological polar surface area (TPSA) is 54.7 Å². The van der Waals surface area contributed by atoms with Gasteiger partial charge in [-0.15, -0.1) is 0 Å². The number of hydrogen-bond acceptors (Lipinski definition) is 2. The molecule has 72 valence electrons. The van der Waals surface area contributed by atoms with Gasteiger partial charge in [-0.2, -0.15) is 5.10 Å². The number of fused-ring (bicyclic) bond motifs is 2. The average molecular weight is 187 g/mol. The first-order valence-corrected chi connectivity index (χ1v) is 5.06. The Bertz CT molecular complexity index is 472. The van der Waals surface area contributed by atoms with Crippen LogP contribution in [0.25, 0.3) is 10.9 Å². The minimum atomic E-state index is 0.214. The van der Waals surface area contributed by atoms with Crippen molar-refractivity contribution in [2.24, 2.45) is 5.73 Å². The normalized spacial score (nSPS) is 21.1. The molecule has 0 bridgehead atoms. The van der Waals surface area contributed by atoms with Crippen LogP contribution in [0.5, 0.6) is 0 Å². The summed E-state index contributed by atoms with van der Waals surface area (Å²) in [5, 5.41) is 8.21. The molecule has 14 heavy (non-hydrogen) atoms. The molecule has 3 nitrogen and oxygen atoms in total. The third-order valence-electron chi connectivity index (χ3n) is 3.06. The lowest BCUT2D eigenvalue weighted by atomic mass is 9.87. The highest BCUT2D eigenvalue weighted by molar-refractivity contribution is 5.80. The van der Waals surface area contributed by atoms with E-state index in [0.29, 0.717) is 0 Å². The quantitative estimate of drug-likeness (QED) is 0.661. The lowest BCUT2D eigenvalue weighted by Gasteiger charge is -2.21. The zero-order valence-electron chi connectivity index (χ0n) is 7.96. The maximum absolute atomic E-state index is 6.07. The summed E-state index contributed by atoms with van der Waals surface area (Å²) in [5.74, 6) is 0. The molecule has 0 saturated heterocycles. The third kappa shape index (κ3) is 1.06. The van der Waals surface area contributed by atoms with Crippen LogP contribution in [0.2, 0.25) is 0 Å². The van der Waals surface area contributed by atoms with Gasteiger partial charge in [-0.05, 0) is 42.5 Å². The van der Waals surface area contributed by atoms with Crippen LogP contribution in [0.1, 0.15) is 30.0 Å². The third-order valence-corrected chi connectivity index (χ3v) is 3.06. The predicted octanol–water partition coefficient (Wildman–Crippen LogP) is 1.90. The highest BCUT2D eigenvalue weighted by Crippen LogP contribution is 2.30. The zero-order chi connectivity index (χ0) is 9.54. The Hall–Kier alpha value is -1.35. The van der Waals surface area contributed by atoms with Gasteiger partial charge < -0.3 is 5.73 Å². The summed E-state index contributed by atoms with van der Waals surface area (Å²) in [7, 11) is 0. The zero-order valence-corrected chi connectivity index (χ0v) is 7.96. The van der Waals surface area contributed by atoms with E-state index in [1.54, 1.807) is 0 Å². The van der Waals surface area contributed by atoms with Crippen LogP contribution in [-0.2, 0) is 6.42 Å². The summed E-state index contributed by atoms with van der Waals surface area (Å²) in [6.45, 7) is 0. The molecule has 3 rings (SSSR count). The highest BCUT2D eigenvalue weighted by Gasteiger charge is 2.17. The van der Waals surface area contributed by atoms with Crippen molar-refractivity contribution in [1.29, 1.82) is 0 Å². The van der Waals surface area contributed by atoms with E-state index in [1.165, 1.54) is 22.9 Å². The average Bonchev–Trinajstić information content (AvgIpc) is 2.62. The number of nitrogens with zero attached hydrogens (tertiary/aromatic N) is 1. The maximum atomic E-state index is 6.07. The number of rotatable bonds is 0. The number of nitrogens with two attached hydrogens (primary N) is 1. The Labute approximate surface area is 82.3 Å². The van der Waals surface area contributed by atoms with Crippen LogP contribution in [-0.4, -0.2) is 10.2 Å². The molecule has 1 aromatic heterocycles. The van der Waals surface area contributed by atoms with E-state index in [0.717, 1.165) is 18.4 Å². The Morgan fingerprint density at radius 2 is 2.36 bits per heavy atom. The molecule has 0 spiro atoms. The van der Waals surface area contributed by atoms with Gasteiger partial charge in [-0.1, -0.05) is 0 Å².